The van der Waals surface area contributed by atoms with Crippen LogP contribution in [0.3, 0.4) is 0 Å². The molecule has 1 N–H and O–H groups in total. The number of carbonyl (C=O) groups is 1. The predicted octanol–water partition coefficient (Wildman–Crippen LogP) is 3.15. The van der Waals surface area contributed by atoms with Crippen molar-refractivity contribution in [2.45, 2.75) is 56.4 Å². The highest BCUT2D eigenvalue weighted by Crippen LogP contribution is 2.36. The van der Waals surface area contributed by atoms with Gasteiger partial charge >= 0.3 is 0 Å². The van der Waals surface area contributed by atoms with Crippen LogP contribution in [0.2, 0.25) is 0 Å². The fraction of sp³-hybridized carbons (Fsp3) is 0.611. The maximum Gasteiger partial charge on any atom is 0.255 e. The van der Waals surface area contributed by atoms with E-state index in [1.165, 1.54) is 12.5 Å². The number of carbonyl (C=O) groups excluding carboxylic acids is 1. The molecule has 2 aromatic rings. The number of nitrogens with zero attached hydrogens (tertiary/aromatic N) is 2. The first-order valence-electron chi connectivity index (χ1n) is 9.03. The van der Waals surface area contributed by atoms with Crippen LogP contribution in [0.25, 0.3) is 0 Å². The van der Waals surface area contributed by atoms with Gasteiger partial charge in [-0.05, 0) is 25.3 Å². The second kappa shape index (κ2) is 7.00. The molecule has 3 heterocycles. The van der Waals surface area contributed by atoms with Crippen LogP contribution in [0, 0.1) is 0 Å². The van der Waals surface area contributed by atoms with Crippen molar-refractivity contribution < 1.29 is 18.5 Å². The van der Waals surface area contributed by atoms with Crippen molar-refractivity contribution in [2.75, 3.05) is 13.2 Å². The third-order valence-corrected chi connectivity index (χ3v) is 5.24. The largest absolute Gasteiger partial charge is 0.472 e. The van der Waals surface area contributed by atoms with E-state index in [4.69, 9.17) is 13.7 Å². The number of furan rings is 1. The van der Waals surface area contributed by atoms with E-state index in [-0.39, 0.29) is 11.8 Å². The summed E-state index contributed by atoms with van der Waals surface area (Å²) in [6.45, 7) is 1.35. The molecule has 134 valence electrons. The Kier molecular flexibility index (Phi) is 4.57. The summed E-state index contributed by atoms with van der Waals surface area (Å²) in [5, 5.41) is 7.43. The summed E-state index contributed by atoms with van der Waals surface area (Å²) in [6.07, 6.45) is 9.86. The van der Waals surface area contributed by atoms with Crippen LogP contribution >= 0.6 is 0 Å². The van der Waals surface area contributed by atoms with E-state index in [9.17, 15) is 4.79 Å². The van der Waals surface area contributed by atoms with Gasteiger partial charge in [-0.15, -0.1) is 0 Å². The van der Waals surface area contributed by atoms with Crippen molar-refractivity contribution in [2.24, 2.45) is 0 Å². The Morgan fingerprint density at radius 2 is 2.08 bits per heavy atom. The lowest BCUT2D eigenvalue weighted by Crippen LogP contribution is -2.46. The summed E-state index contributed by atoms with van der Waals surface area (Å²) in [7, 11) is 0. The average molecular weight is 345 g/mol. The van der Waals surface area contributed by atoms with Crippen molar-refractivity contribution >= 4 is 5.91 Å². The van der Waals surface area contributed by atoms with Gasteiger partial charge < -0.3 is 19.0 Å². The number of hydrogen-bond acceptors (Lipinski definition) is 6. The molecule has 0 bridgehead atoms. The number of ether oxygens (including phenoxy) is 1. The van der Waals surface area contributed by atoms with Crippen molar-refractivity contribution in [3.8, 4) is 0 Å². The summed E-state index contributed by atoms with van der Waals surface area (Å²) in [6, 6.07) is 1.66. The highest BCUT2D eigenvalue weighted by molar-refractivity contribution is 5.94. The lowest BCUT2D eigenvalue weighted by molar-refractivity contribution is 0.0876. The molecule has 1 saturated carbocycles. The van der Waals surface area contributed by atoms with Crippen LogP contribution < -0.4 is 5.32 Å². The lowest BCUT2D eigenvalue weighted by atomic mass is 9.88. The quantitative estimate of drug-likeness (QED) is 0.856. The Balaban J connectivity index is 1.62. The summed E-state index contributed by atoms with van der Waals surface area (Å²) in [4.78, 5) is 17.3. The third-order valence-electron chi connectivity index (χ3n) is 5.24. The molecular weight excluding hydrogens is 322 g/mol. The van der Waals surface area contributed by atoms with Crippen molar-refractivity contribution in [3.05, 3.63) is 35.9 Å². The molecule has 1 amide bonds. The van der Waals surface area contributed by atoms with Crippen molar-refractivity contribution in [1.82, 2.24) is 15.5 Å². The lowest BCUT2D eigenvalue weighted by Gasteiger charge is -2.30. The molecular formula is C18H23N3O4. The van der Waals surface area contributed by atoms with E-state index in [2.05, 4.69) is 15.5 Å². The Morgan fingerprint density at radius 3 is 2.76 bits per heavy atom. The van der Waals surface area contributed by atoms with Crippen LogP contribution in [0.5, 0.6) is 0 Å². The Hall–Kier alpha value is -2.15. The van der Waals surface area contributed by atoms with Gasteiger partial charge in [-0.2, -0.15) is 4.98 Å². The van der Waals surface area contributed by atoms with E-state index >= 15 is 0 Å². The normalized spacial score (nSPS) is 23.3. The first-order chi connectivity index (χ1) is 12.3. The maximum absolute atomic E-state index is 12.7. The van der Waals surface area contributed by atoms with Crippen molar-refractivity contribution in [3.63, 3.8) is 0 Å². The van der Waals surface area contributed by atoms with E-state index in [0.29, 0.717) is 23.9 Å². The molecule has 1 aliphatic heterocycles. The van der Waals surface area contributed by atoms with Gasteiger partial charge in [0.2, 0.25) is 5.89 Å². The highest BCUT2D eigenvalue weighted by atomic mass is 16.5. The number of hydrogen-bond donors (Lipinski definition) is 1. The van der Waals surface area contributed by atoms with Gasteiger partial charge in [0, 0.05) is 6.61 Å². The number of nitrogens with one attached hydrogen (secondary N) is 1. The Labute approximate surface area is 146 Å². The summed E-state index contributed by atoms with van der Waals surface area (Å²) < 4.78 is 16.0. The van der Waals surface area contributed by atoms with Gasteiger partial charge in [0.05, 0.1) is 24.4 Å². The summed E-state index contributed by atoms with van der Waals surface area (Å²) in [5.41, 5.74) is -0.0666. The zero-order chi connectivity index (χ0) is 17.1. The molecule has 2 aromatic heterocycles. The molecule has 7 heteroatoms. The number of amides is 1. The van der Waals surface area contributed by atoms with Gasteiger partial charge in [-0.25, -0.2) is 0 Å². The standard InChI is InChI=1S/C18H23N3O4/c22-15(13-5-9-23-11-13)20-18(7-3-1-2-4-8-18)17-19-16(25-21-17)14-6-10-24-12-14/h5,9,11,14H,1-4,6-8,10,12H2,(H,20,22). The third kappa shape index (κ3) is 3.33. The summed E-state index contributed by atoms with van der Waals surface area (Å²) >= 11 is 0. The maximum atomic E-state index is 12.7. The topological polar surface area (TPSA) is 90.4 Å². The molecule has 1 atom stereocenters. The minimum Gasteiger partial charge on any atom is -0.472 e. The zero-order valence-electron chi connectivity index (χ0n) is 14.2. The van der Waals surface area contributed by atoms with Crippen LogP contribution in [-0.2, 0) is 10.3 Å². The molecule has 1 saturated heterocycles. The fourth-order valence-electron chi connectivity index (χ4n) is 3.74. The van der Waals surface area contributed by atoms with Crippen LogP contribution in [0.15, 0.2) is 27.5 Å². The monoisotopic (exact) mass is 345 g/mol. The van der Waals surface area contributed by atoms with E-state index in [0.717, 1.165) is 51.6 Å². The Morgan fingerprint density at radius 1 is 1.24 bits per heavy atom. The molecule has 0 aromatic carbocycles. The highest BCUT2D eigenvalue weighted by Gasteiger charge is 2.40. The fourth-order valence-corrected chi connectivity index (χ4v) is 3.74. The second-order valence-electron chi connectivity index (χ2n) is 6.98. The molecule has 2 fully saturated rings. The molecule has 25 heavy (non-hydrogen) atoms. The first-order valence-corrected chi connectivity index (χ1v) is 9.03. The molecule has 0 radical (unpaired) electrons. The smallest absolute Gasteiger partial charge is 0.255 e. The van der Waals surface area contributed by atoms with Crippen LogP contribution in [0.4, 0.5) is 0 Å². The average Bonchev–Trinajstić information content (AvgIpc) is 3.36. The number of rotatable bonds is 4. The zero-order valence-corrected chi connectivity index (χ0v) is 14.2. The molecule has 2 aliphatic rings. The van der Waals surface area contributed by atoms with Gasteiger partial charge in [-0.3, -0.25) is 4.79 Å². The second-order valence-corrected chi connectivity index (χ2v) is 6.98. The molecule has 7 nitrogen and oxygen atoms in total. The van der Waals surface area contributed by atoms with Crippen molar-refractivity contribution in [1.29, 1.82) is 0 Å². The van der Waals surface area contributed by atoms with Gasteiger partial charge in [0.1, 0.15) is 11.8 Å². The van der Waals surface area contributed by atoms with Crippen LogP contribution in [0.1, 0.15) is 72.9 Å². The molecule has 0 spiro atoms. The van der Waals surface area contributed by atoms with E-state index in [1.54, 1.807) is 6.07 Å². The minimum absolute atomic E-state index is 0.161. The van der Waals surface area contributed by atoms with Crippen LogP contribution in [-0.4, -0.2) is 29.3 Å². The van der Waals surface area contributed by atoms with Gasteiger partial charge in [-0.1, -0.05) is 30.8 Å². The van der Waals surface area contributed by atoms with E-state index in [1.807, 2.05) is 0 Å². The number of aromatic nitrogens is 2. The first kappa shape index (κ1) is 16.3. The van der Waals surface area contributed by atoms with Gasteiger partial charge in [0.25, 0.3) is 5.91 Å². The predicted molar refractivity (Wildman–Crippen MR) is 88.0 cm³/mol. The summed E-state index contributed by atoms with van der Waals surface area (Å²) in [5.74, 6) is 1.21. The molecule has 1 aliphatic carbocycles. The molecule has 4 rings (SSSR count). The minimum atomic E-state index is -0.577. The van der Waals surface area contributed by atoms with Gasteiger partial charge in [0.15, 0.2) is 5.82 Å². The molecule has 1 unspecified atom stereocenters. The SMILES string of the molecule is O=C(NC1(c2noc(C3CCOC3)n2)CCCCCC1)c1ccoc1. The van der Waals surface area contributed by atoms with E-state index < -0.39 is 5.54 Å². The Bertz CT molecular complexity index is 696.